The molecule has 1 rings (SSSR count). The molecule has 0 aromatic rings. The summed E-state index contributed by atoms with van der Waals surface area (Å²) >= 11 is 0. The van der Waals surface area contributed by atoms with Gasteiger partial charge in [-0.3, -0.25) is 4.90 Å². The fourth-order valence-corrected chi connectivity index (χ4v) is 2.87. The Hall–Kier alpha value is -0.0800. The molecule has 0 spiro atoms. The largest absolute Gasteiger partial charge is 0.315 e. The predicted molar refractivity (Wildman–Crippen MR) is 81.1 cm³/mol. The molecule has 0 amide bonds. The van der Waals surface area contributed by atoms with Crippen LogP contribution < -0.4 is 5.32 Å². The van der Waals surface area contributed by atoms with E-state index in [-0.39, 0.29) is 0 Å². The normalized spacial score (nSPS) is 21.7. The van der Waals surface area contributed by atoms with Crippen molar-refractivity contribution >= 4 is 0 Å². The minimum absolute atomic E-state index is 0.770. The molecule has 2 heteroatoms. The maximum atomic E-state index is 3.64. The highest BCUT2D eigenvalue weighted by Gasteiger charge is 2.21. The van der Waals surface area contributed by atoms with Crippen molar-refractivity contribution in [2.45, 2.75) is 71.8 Å². The van der Waals surface area contributed by atoms with Crippen LogP contribution in [0.3, 0.4) is 0 Å². The zero-order chi connectivity index (χ0) is 13.2. The van der Waals surface area contributed by atoms with Gasteiger partial charge in [0.15, 0.2) is 0 Å². The summed E-state index contributed by atoms with van der Waals surface area (Å²) in [4.78, 5) is 2.74. The van der Waals surface area contributed by atoms with E-state index < -0.39 is 0 Å². The van der Waals surface area contributed by atoms with Crippen LogP contribution in [0.25, 0.3) is 0 Å². The molecule has 108 valence electrons. The van der Waals surface area contributed by atoms with E-state index in [1.807, 2.05) is 0 Å². The number of piperidine rings is 1. The van der Waals surface area contributed by atoms with Crippen molar-refractivity contribution in [1.29, 1.82) is 0 Å². The van der Waals surface area contributed by atoms with Crippen LogP contribution in [-0.4, -0.2) is 37.1 Å². The van der Waals surface area contributed by atoms with Crippen molar-refractivity contribution < 1.29 is 0 Å². The van der Waals surface area contributed by atoms with Crippen molar-refractivity contribution in [1.82, 2.24) is 10.2 Å². The summed E-state index contributed by atoms with van der Waals surface area (Å²) in [5.74, 6) is 0.770. The van der Waals surface area contributed by atoms with Crippen molar-refractivity contribution in [2.24, 2.45) is 5.92 Å². The van der Waals surface area contributed by atoms with Gasteiger partial charge in [0.05, 0.1) is 0 Å². The molecular formula is C16H34N2. The maximum Gasteiger partial charge on any atom is 0.0220 e. The van der Waals surface area contributed by atoms with Crippen molar-refractivity contribution in [2.75, 3.05) is 26.2 Å². The second kappa shape index (κ2) is 9.80. The third-order valence-electron chi connectivity index (χ3n) is 3.98. The van der Waals surface area contributed by atoms with Gasteiger partial charge in [-0.1, -0.05) is 46.5 Å². The van der Waals surface area contributed by atoms with Gasteiger partial charge in [0.2, 0.25) is 0 Å². The Morgan fingerprint density at radius 2 is 2.00 bits per heavy atom. The zero-order valence-electron chi connectivity index (χ0n) is 12.9. The van der Waals surface area contributed by atoms with E-state index in [1.165, 1.54) is 71.1 Å². The van der Waals surface area contributed by atoms with E-state index in [0.717, 1.165) is 12.0 Å². The summed E-state index contributed by atoms with van der Waals surface area (Å²) in [6.07, 6.45) is 9.81. The molecule has 1 saturated heterocycles. The van der Waals surface area contributed by atoms with E-state index in [4.69, 9.17) is 0 Å². The summed E-state index contributed by atoms with van der Waals surface area (Å²) in [7, 11) is 0. The molecule has 0 radical (unpaired) electrons. The average Bonchev–Trinajstić information content (AvgIpc) is 2.36. The Labute approximate surface area is 115 Å². The van der Waals surface area contributed by atoms with Gasteiger partial charge in [-0.25, -0.2) is 0 Å². The molecule has 2 nitrogen and oxygen atoms in total. The minimum atomic E-state index is 0.770. The summed E-state index contributed by atoms with van der Waals surface area (Å²) in [6.45, 7) is 11.9. The fourth-order valence-electron chi connectivity index (χ4n) is 2.87. The molecule has 0 aromatic heterocycles. The molecule has 1 atom stereocenters. The monoisotopic (exact) mass is 254 g/mol. The van der Waals surface area contributed by atoms with Gasteiger partial charge < -0.3 is 5.32 Å². The maximum absolute atomic E-state index is 3.64. The van der Waals surface area contributed by atoms with Gasteiger partial charge >= 0.3 is 0 Å². The molecule has 1 heterocycles. The van der Waals surface area contributed by atoms with Crippen LogP contribution in [-0.2, 0) is 0 Å². The van der Waals surface area contributed by atoms with E-state index in [0.29, 0.717) is 0 Å². The number of hydrogen-bond donors (Lipinski definition) is 1. The zero-order valence-corrected chi connectivity index (χ0v) is 12.9. The first-order chi connectivity index (χ1) is 8.74. The number of rotatable bonds is 9. The first-order valence-electron chi connectivity index (χ1n) is 8.18. The van der Waals surface area contributed by atoms with Gasteiger partial charge in [-0.2, -0.15) is 0 Å². The third-order valence-corrected chi connectivity index (χ3v) is 3.98. The van der Waals surface area contributed by atoms with Gasteiger partial charge in [0.1, 0.15) is 0 Å². The van der Waals surface area contributed by atoms with Crippen LogP contribution in [0.1, 0.15) is 65.7 Å². The number of hydrogen-bond acceptors (Lipinski definition) is 2. The van der Waals surface area contributed by atoms with E-state index in [1.54, 1.807) is 0 Å². The number of nitrogens with one attached hydrogen (secondary N) is 1. The summed E-state index contributed by atoms with van der Waals surface area (Å²) in [5.41, 5.74) is 0. The molecule has 1 unspecified atom stereocenters. The van der Waals surface area contributed by atoms with Gasteiger partial charge in [-0.05, 0) is 44.8 Å². The number of likely N-dealkylation sites (tertiary alicyclic amines) is 1. The van der Waals surface area contributed by atoms with E-state index in [2.05, 4.69) is 31.0 Å². The van der Waals surface area contributed by atoms with Crippen LogP contribution >= 0.6 is 0 Å². The highest BCUT2D eigenvalue weighted by molar-refractivity contribution is 4.78. The highest BCUT2D eigenvalue weighted by atomic mass is 15.2. The lowest BCUT2D eigenvalue weighted by atomic mass is 10.0. The Kier molecular flexibility index (Phi) is 8.70. The SMILES string of the molecule is CCCCCCN1CCCCC1CNCC(C)C. The first kappa shape index (κ1) is 16.0. The lowest BCUT2D eigenvalue weighted by Gasteiger charge is -2.36. The van der Waals surface area contributed by atoms with Crippen molar-refractivity contribution in [3.8, 4) is 0 Å². The topological polar surface area (TPSA) is 15.3 Å². The van der Waals surface area contributed by atoms with Crippen LogP contribution in [0.5, 0.6) is 0 Å². The Balaban J connectivity index is 2.19. The summed E-state index contributed by atoms with van der Waals surface area (Å²) < 4.78 is 0. The lowest BCUT2D eigenvalue weighted by Crippen LogP contribution is -2.46. The smallest absolute Gasteiger partial charge is 0.0220 e. The van der Waals surface area contributed by atoms with Crippen molar-refractivity contribution in [3.05, 3.63) is 0 Å². The van der Waals surface area contributed by atoms with Gasteiger partial charge in [0.25, 0.3) is 0 Å². The molecule has 0 bridgehead atoms. The van der Waals surface area contributed by atoms with Gasteiger partial charge in [-0.15, -0.1) is 0 Å². The van der Waals surface area contributed by atoms with Gasteiger partial charge in [0, 0.05) is 12.6 Å². The highest BCUT2D eigenvalue weighted by Crippen LogP contribution is 2.17. The molecule has 1 aliphatic heterocycles. The predicted octanol–water partition coefficient (Wildman–Crippen LogP) is 3.67. The minimum Gasteiger partial charge on any atom is -0.315 e. The molecule has 0 aliphatic carbocycles. The molecular weight excluding hydrogens is 220 g/mol. The van der Waals surface area contributed by atoms with Crippen LogP contribution in [0, 0.1) is 5.92 Å². The van der Waals surface area contributed by atoms with Crippen LogP contribution in [0.2, 0.25) is 0 Å². The lowest BCUT2D eigenvalue weighted by molar-refractivity contribution is 0.142. The average molecular weight is 254 g/mol. The quantitative estimate of drug-likeness (QED) is 0.632. The van der Waals surface area contributed by atoms with E-state index >= 15 is 0 Å². The second-order valence-corrected chi connectivity index (χ2v) is 6.30. The molecule has 0 saturated carbocycles. The Morgan fingerprint density at radius 1 is 1.17 bits per heavy atom. The van der Waals surface area contributed by atoms with Crippen LogP contribution in [0.4, 0.5) is 0 Å². The molecule has 1 fully saturated rings. The standard InChI is InChI=1S/C16H34N2/c1-4-5-6-8-11-18-12-9-7-10-16(18)14-17-13-15(2)3/h15-17H,4-14H2,1-3H3. The fraction of sp³-hybridized carbons (Fsp3) is 1.00. The Morgan fingerprint density at radius 3 is 2.72 bits per heavy atom. The summed E-state index contributed by atoms with van der Waals surface area (Å²) in [6, 6.07) is 0.805. The number of nitrogens with zero attached hydrogens (tertiary/aromatic N) is 1. The molecule has 18 heavy (non-hydrogen) atoms. The van der Waals surface area contributed by atoms with Crippen molar-refractivity contribution in [3.63, 3.8) is 0 Å². The van der Waals surface area contributed by atoms with Crippen LogP contribution in [0.15, 0.2) is 0 Å². The van der Waals surface area contributed by atoms with E-state index in [9.17, 15) is 0 Å². The second-order valence-electron chi connectivity index (χ2n) is 6.30. The molecule has 1 N–H and O–H groups in total. The third kappa shape index (κ3) is 6.75. The summed E-state index contributed by atoms with van der Waals surface area (Å²) in [5, 5.41) is 3.64. The first-order valence-corrected chi connectivity index (χ1v) is 8.18. The Bertz CT molecular complexity index is 192. The molecule has 0 aromatic carbocycles. The molecule has 1 aliphatic rings. The number of unbranched alkanes of at least 4 members (excludes halogenated alkanes) is 3.